The molecule has 2 aromatic rings. The molecule has 1 aliphatic heterocycles. The highest BCUT2D eigenvalue weighted by Crippen LogP contribution is 2.66. The Balaban J connectivity index is 1.51. The molecule has 3 rings (SSSR count). The first-order chi connectivity index (χ1) is 27.6. The largest absolute Gasteiger partial charge is 0.490 e. The van der Waals surface area contributed by atoms with Crippen molar-refractivity contribution in [3.8, 4) is 11.8 Å². The van der Waals surface area contributed by atoms with Gasteiger partial charge >= 0.3 is 35.7 Å². The number of nitrogen functional groups attached to an aromatic ring is 1. The maximum Gasteiger partial charge on any atom is 0.490 e. The SMILES string of the molecule is CNC(=O)OCCC(C)(C)SSCOCCCCOC(=O)NCC#Cc1cn([C@H]2C[C@@H](OCS(C)=S)[C@@H](COP(=O)(O)OP(=O)(O)OP(=O)(O)O)O2)c2ncnc(N)c12. The Morgan fingerprint density at radius 1 is 1.10 bits per heavy atom. The molecule has 1 saturated heterocycles. The van der Waals surface area contributed by atoms with Crippen LogP contribution in [0.15, 0.2) is 12.5 Å². The molecule has 0 bridgehead atoms. The number of hydrogen-bond acceptors (Lipinski definition) is 19. The molecule has 3 unspecified atom stereocenters. The van der Waals surface area contributed by atoms with Crippen molar-refractivity contribution in [1.82, 2.24) is 25.2 Å². The number of carbonyl (C=O) groups excluding carboxylic acids is 2. The number of phosphoric ester groups is 1. The van der Waals surface area contributed by atoms with E-state index in [4.69, 9.17) is 54.9 Å². The van der Waals surface area contributed by atoms with E-state index < -0.39 is 70.2 Å². The summed E-state index contributed by atoms with van der Waals surface area (Å²) >= 11 is 5.21. The fourth-order valence-corrected chi connectivity index (χ4v) is 10.7. The monoisotopic (exact) mass is 972 g/mol. The standard InChI is InChI=1S/C29H47N6O17P3S4/c1-29(2,9-13-47-27(36)31-3)58-57-18-45-11-5-6-12-46-28(37)32-10-7-8-20-15-35(26-24(20)25(30)33-17-34-26)23-14-21(48-19-59(4)56)22(50-23)16-49-54(41,42)52-55(43,44)51-53(38,39)40/h15,17,21-23H,5-6,9-14,16,18-19H2,1-4H3,(H,31,36)(H,32,37)(H,41,42)(H,43,44)(H2,30,33,34)(H2,38,39,40)/t21-,22-,23-,59?/m1/s1. The van der Waals surface area contributed by atoms with Crippen LogP contribution in [0.1, 0.15) is 51.3 Å². The maximum atomic E-state index is 12.4. The minimum atomic E-state index is -5.74. The molecule has 23 nitrogen and oxygen atoms in total. The number of nitrogens with zero attached hydrogens (tertiary/aromatic N) is 3. The summed E-state index contributed by atoms with van der Waals surface area (Å²) < 4.78 is 76.8. The van der Waals surface area contributed by atoms with Gasteiger partial charge in [0.2, 0.25) is 0 Å². The average molecular weight is 973 g/mol. The lowest BCUT2D eigenvalue weighted by Gasteiger charge is -2.22. The summed E-state index contributed by atoms with van der Waals surface area (Å²) in [5, 5.41) is 5.33. The van der Waals surface area contributed by atoms with E-state index in [1.165, 1.54) is 13.4 Å². The molecule has 1 fully saturated rings. The first-order valence-corrected chi connectivity index (χ1v) is 26.8. The van der Waals surface area contributed by atoms with Gasteiger partial charge in [0.15, 0.2) is 0 Å². The Hall–Kier alpha value is -1.92. The van der Waals surface area contributed by atoms with Crippen LogP contribution in [0.5, 0.6) is 0 Å². The van der Waals surface area contributed by atoms with E-state index in [0.29, 0.717) is 55.0 Å². The van der Waals surface area contributed by atoms with E-state index >= 15 is 0 Å². The van der Waals surface area contributed by atoms with E-state index in [1.807, 2.05) is 0 Å². The summed E-state index contributed by atoms with van der Waals surface area (Å²) in [4.78, 5) is 68.8. The van der Waals surface area contributed by atoms with E-state index in [9.17, 15) is 33.1 Å². The van der Waals surface area contributed by atoms with Gasteiger partial charge in [-0.25, -0.2) is 33.3 Å². The fourth-order valence-electron chi connectivity index (χ4n) is 4.83. The lowest BCUT2D eigenvalue weighted by Crippen LogP contribution is -2.29. The van der Waals surface area contributed by atoms with Gasteiger partial charge in [0.25, 0.3) is 0 Å². The second kappa shape index (κ2) is 24.1. The molecule has 0 spiro atoms. The van der Waals surface area contributed by atoms with Crippen molar-refractivity contribution in [2.45, 2.75) is 62.7 Å². The molecule has 30 heteroatoms. The van der Waals surface area contributed by atoms with Crippen molar-refractivity contribution < 1.29 is 79.7 Å². The average Bonchev–Trinajstić information content (AvgIpc) is 3.71. The third-order valence-electron chi connectivity index (χ3n) is 7.41. The molecular formula is C29H47N6O17P3S4. The summed E-state index contributed by atoms with van der Waals surface area (Å²) in [5.41, 5.74) is 6.86. The van der Waals surface area contributed by atoms with Gasteiger partial charge in [0.05, 0.1) is 49.4 Å². The van der Waals surface area contributed by atoms with Gasteiger partial charge < -0.3 is 64.2 Å². The number of hydrogen-bond donors (Lipinski definition) is 7. The highest BCUT2D eigenvalue weighted by Gasteiger charge is 2.44. The van der Waals surface area contributed by atoms with Crippen molar-refractivity contribution in [2.75, 3.05) is 63.9 Å². The van der Waals surface area contributed by atoms with Crippen molar-refractivity contribution in [1.29, 1.82) is 0 Å². The third-order valence-corrected chi connectivity index (χ3v) is 15.0. The number of nitrogens with one attached hydrogen (secondary N) is 2. The number of ether oxygens (including phenoxy) is 5. The zero-order valence-electron chi connectivity index (χ0n) is 32.2. The summed E-state index contributed by atoms with van der Waals surface area (Å²) in [6, 6.07) is 0. The summed E-state index contributed by atoms with van der Waals surface area (Å²) in [6.45, 7) is 4.25. The molecule has 3 heterocycles. The van der Waals surface area contributed by atoms with Crippen LogP contribution in [0.4, 0.5) is 15.4 Å². The summed E-state index contributed by atoms with van der Waals surface area (Å²) in [5.74, 6) is 6.42. The molecule has 2 amide bonds. The number of carbonyl (C=O) groups is 2. The van der Waals surface area contributed by atoms with Gasteiger partial charge in [0, 0.05) is 31.0 Å². The number of alkyl carbamates (subject to hydrolysis) is 2. The Labute approximate surface area is 354 Å². The van der Waals surface area contributed by atoms with Crippen LogP contribution in [0, 0.1) is 11.8 Å². The van der Waals surface area contributed by atoms with Crippen LogP contribution in [-0.2, 0) is 71.2 Å². The highest BCUT2D eigenvalue weighted by molar-refractivity contribution is 8.77. The highest BCUT2D eigenvalue weighted by atomic mass is 33.1. The third kappa shape index (κ3) is 19.3. The number of nitrogens with two attached hydrogens (primary N) is 1. The Kier molecular flexibility index (Phi) is 21.0. The van der Waals surface area contributed by atoms with E-state index in [0.717, 1.165) is 0 Å². The predicted octanol–water partition coefficient (Wildman–Crippen LogP) is 3.44. The predicted molar refractivity (Wildman–Crippen MR) is 221 cm³/mol. The second-order valence-corrected chi connectivity index (χ2v) is 23.1. The number of unbranched alkanes of at least 4 members (excludes halogenated alkanes) is 1. The molecular weight excluding hydrogens is 926 g/mol. The molecule has 59 heavy (non-hydrogen) atoms. The number of phosphoric acid groups is 3. The van der Waals surface area contributed by atoms with Gasteiger partial charge in [-0.15, -0.1) is 0 Å². The van der Waals surface area contributed by atoms with Crippen LogP contribution >= 0.6 is 45.1 Å². The second-order valence-electron chi connectivity index (χ2n) is 12.7. The Morgan fingerprint density at radius 3 is 2.51 bits per heavy atom. The molecule has 6 atom stereocenters. The minimum absolute atomic E-state index is 0.0794. The lowest BCUT2D eigenvalue weighted by atomic mass is 10.1. The number of amides is 2. The molecule has 0 radical (unpaired) electrons. The lowest BCUT2D eigenvalue weighted by molar-refractivity contribution is -0.0522. The number of rotatable bonds is 24. The summed E-state index contributed by atoms with van der Waals surface area (Å²) in [7, 11) is -12.7. The van der Waals surface area contributed by atoms with E-state index in [-0.39, 0.29) is 36.1 Å². The zero-order valence-corrected chi connectivity index (χ0v) is 38.1. The van der Waals surface area contributed by atoms with Crippen molar-refractivity contribution in [2.24, 2.45) is 0 Å². The van der Waals surface area contributed by atoms with Gasteiger partial charge in [-0.05, 0) is 50.6 Å². The van der Waals surface area contributed by atoms with Crippen LogP contribution in [-0.4, -0.2) is 121 Å². The summed E-state index contributed by atoms with van der Waals surface area (Å²) in [6.07, 6.45) is 2.70. The van der Waals surface area contributed by atoms with Crippen molar-refractivity contribution in [3.05, 3.63) is 18.1 Å². The van der Waals surface area contributed by atoms with Gasteiger partial charge in [-0.1, -0.05) is 42.9 Å². The zero-order chi connectivity index (χ0) is 43.9. The van der Waals surface area contributed by atoms with Gasteiger partial charge in [-0.2, -0.15) is 8.62 Å². The van der Waals surface area contributed by atoms with Crippen molar-refractivity contribution in [3.63, 3.8) is 0 Å². The molecule has 0 aromatic carbocycles. The molecule has 0 aliphatic carbocycles. The fraction of sp³-hybridized carbons (Fsp3) is 0.655. The number of anilines is 1. The van der Waals surface area contributed by atoms with Crippen LogP contribution in [0.3, 0.4) is 0 Å². The van der Waals surface area contributed by atoms with Crippen molar-refractivity contribution >= 4 is 94.7 Å². The normalized spacial score (nSPS) is 19.6. The molecule has 1 aliphatic rings. The first kappa shape index (κ1) is 51.4. The van der Waals surface area contributed by atoms with Crippen LogP contribution in [0.25, 0.3) is 11.0 Å². The molecule has 0 saturated carbocycles. The molecule has 8 N–H and O–H groups in total. The molecule has 2 aromatic heterocycles. The van der Waals surface area contributed by atoms with Gasteiger partial charge in [-0.3, -0.25) is 4.52 Å². The van der Waals surface area contributed by atoms with E-state index in [1.54, 1.807) is 38.6 Å². The molecule has 334 valence electrons. The quantitative estimate of drug-likeness (QED) is 0.0260. The maximum absolute atomic E-state index is 12.4. The minimum Gasteiger partial charge on any atom is -0.450 e. The Bertz CT molecular complexity index is 1960. The first-order valence-electron chi connectivity index (χ1n) is 17.2. The topological polar surface area (TPSA) is 321 Å². The van der Waals surface area contributed by atoms with Gasteiger partial charge in [0.1, 0.15) is 36.1 Å². The van der Waals surface area contributed by atoms with E-state index in [2.05, 4.69) is 54.9 Å². The Morgan fingerprint density at radius 2 is 1.81 bits per heavy atom. The number of fused-ring (bicyclic) bond motifs is 1. The van der Waals surface area contributed by atoms with Crippen LogP contribution in [0.2, 0.25) is 0 Å². The number of aromatic nitrogens is 3. The van der Waals surface area contributed by atoms with Crippen LogP contribution < -0.4 is 16.4 Å². The smallest absolute Gasteiger partial charge is 0.450 e.